The SMILES string of the molecule is O=C(Nc1nc(=O)n(C2O[C@H](CO)[C@@H](O)[C@H]2O)cc1I)OCCSc1ccccc1. The monoisotopic (exact) mass is 549 g/mol. The molecule has 1 unspecified atom stereocenters. The first-order valence-electron chi connectivity index (χ1n) is 8.93. The van der Waals surface area contributed by atoms with Crippen LogP contribution in [0.1, 0.15) is 6.23 Å². The minimum Gasteiger partial charge on any atom is -0.448 e. The third-order valence-corrected chi connectivity index (χ3v) is 6.01. The summed E-state index contributed by atoms with van der Waals surface area (Å²) in [5, 5.41) is 31.5. The van der Waals surface area contributed by atoms with Crippen molar-refractivity contribution in [2.75, 3.05) is 24.3 Å². The third kappa shape index (κ3) is 5.50. The van der Waals surface area contributed by atoms with Crippen LogP contribution in [0.4, 0.5) is 10.6 Å². The Labute approximate surface area is 189 Å². The van der Waals surface area contributed by atoms with Gasteiger partial charge in [0.05, 0.1) is 10.2 Å². The molecule has 1 aliphatic rings. The molecule has 1 saturated heterocycles. The van der Waals surface area contributed by atoms with Crippen molar-refractivity contribution in [3.63, 3.8) is 0 Å². The zero-order valence-electron chi connectivity index (χ0n) is 15.6. The van der Waals surface area contributed by atoms with Crippen LogP contribution < -0.4 is 11.0 Å². The molecule has 1 amide bonds. The van der Waals surface area contributed by atoms with Gasteiger partial charge in [-0.05, 0) is 34.7 Å². The maximum absolute atomic E-state index is 12.3. The highest BCUT2D eigenvalue weighted by Crippen LogP contribution is 2.29. The van der Waals surface area contributed by atoms with Crippen LogP contribution in [-0.4, -0.2) is 68.2 Å². The molecule has 0 aliphatic carbocycles. The Morgan fingerprint density at radius 1 is 1.30 bits per heavy atom. The summed E-state index contributed by atoms with van der Waals surface area (Å²) < 4.78 is 11.8. The Morgan fingerprint density at radius 2 is 2.03 bits per heavy atom. The van der Waals surface area contributed by atoms with E-state index in [9.17, 15) is 24.9 Å². The van der Waals surface area contributed by atoms with Gasteiger partial charge in [0.15, 0.2) is 12.0 Å². The second-order valence-electron chi connectivity index (χ2n) is 6.28. The van der Waals surface area contributed by atoms with Crippen LogP contribution in [0.25, 0.3) is 0 Å². The summed E-state index contributed by atoms with van der Waals surface area (Å²) in [6.07, 6.45) is -4.40. The number of hydrogen-bond acceptors (Lipinski definition) is 9. The quantitative estimate of drug-likeness (QED) is 0.224. The van der Waals surface area contributed by atoms with Crippen LogP contribution >= 0.6 is 34.4 Å². The molecule has 10 nitrogen and oxygen atoms in total. The molecule has 2 aromatic rings. The van der Waals surface area contributed by atoms with E-state index in [1.807, 2.05) is 52.9 Å². The number of nitrogens with zero attached hydrogens (tertiary/aromatic N) is 2. The Hall–Kier alpha value is -1.71. The van der Waals surface area contributed by atoms with Gasteiger partial charge in [-0.25, -0.2) is 9.59 Å². The Morgan fingerprint density at radius 3 is 2.70 bits per heavy atom. The normalized spacial score (nSPS) is 23.3. The fourth-order valence-electron chi connectivity index (χ4n) is 2.77. The Kier molecular flexibility index (Phi) is 8.07. The van der Waals surface area contributed by atoms with Gasteiger partial charge < -0.3 is 24.8 Å². The fraction of sp³-hybridized carbons (Fsp3) is 0.389. The molecular weight excluding hydrogens is 529 g/mol. The van der Waals surface area contributed by atoms with Gasteiger partial charge in [-0.1, -0.05) is 18.2 Å². The summed E-state index contributed by atoms with van der Waals surface area (Å²) in [5.41, 5.74) is -0.805. The van der Waals surface area contributed by atoms with Gasteiger partial charge in [-0.3, -0.25) is 9.88 Å². The number of benzene rings is 1. The van der Waals surface area contributed by atoms with Crippen molar-refractivity contribution in [3.8, 4) is 0 Å². The molecule has 1 aliphatic heterocycles. The zero-order chi connectivity index (χ0) is 21.7. The highest BCUT2D eigenvalue weighted by atomic mass is 127. The first kappa shape index (κ1) is 23.0. The number of halogens is 1. The number of carbonyl (C=O) groups excluding carboxylic acids is 1. The average Bonchev–Trinajstić information content (AvgIpc) is 3.02. The highest BCUT2D eigenvalue weighted by molar-refractivity contribution is 14.1. The van der Waals surface area contributed by atoms with Gasteiger partial charge in [0, 0.05) is 16.8 Å². The summed E-state index contributed by atoms with van der Waals surface area (Å²) in [5.74, 6) is 0.568. The molecule has 12 heteroatoms. The highest BCUT2D eigenvalue weighted by Gasteiger charge is 2.43. The fourth-order valence-corrected chi connectivity index (χ4v) is 4.08. The van der Waals surface area contributed by atoms with E-state index in [1.165, 1.54) is 6.20 Å². The van der Waals surface area contributed by atoms with Crippen LogP contribution in [0.2, 0.25) is 0 Å². The lowest BCUT2D eigenvalue weighted by Gasteiger charge is -2.18. The molecule has 1 aromatic heterocycles. The number of nitrogens with one attached hydrogen (secondary N) is 1. The number of hydrogen-bond donors (Lipinski definition) is 4. The topological polar surface area (TPSA) is 143 Å². The third-order valence-electron chi connectivity index (χ3n) is 4.25. The number of rotatable bonds is 7. The van der Waals surface area contributed by atoms with Crippen molar-refractivity contribution in [2.24, 2.45) is 0 Å². The first-order valence-corrected chi connectivity index (χ1v) is 11.0. The molecule has 4 N–H and O–H groups in total. The van der Waals surface area contributed by atoms with E-state index in [1.54, 1.807) is 11.8 Å². The minimum atomic E-state index is -1.41. The van der Waals surface area contributed by atoms with Gasteiger partial charge in [-0.2, -0.15) is 4.98 Å². The molecule has 162 valence electrons. The van der Waals surface area contributed by atoms with Gasteiger partial charge >= 0.3 is 11.8 Å². The average molecular weight is 549 g/mol. The van der Waals surface area contributed by atoms with E-state index in [0.29, 0.717) is 9.32 Å². The summed E-state index contributed by atoms with van der Waals surface area (Å²) in [7, 11) is 0. The van der Waals surface area contributed by atoms with Crippen molar-refractivity contribution in [1.82, 2.24) is 9.55 Å². The number of carbonyl (C=O) groups is 1. The Balaban J connectivity index is 1.57. The maximum Gasteiger partial charge on any atom is 0.412 e. The lowest BCUT2D eigenvalue weighted by molar-refractivity contribution is -0.0550. The van der Waals surface area contributed by atoms with E-state index in [-0.39, 0.29) is 12.4 Å². The van der Waals surface area contributed by atoms with Crippen molar-refractivity contribution < 1.29 is 29.6 Å². The van der Waals surface area contributed by atoms with Gasteiger partial charge in [-0.15, -0.1) is 11.8 Å². The molecule has 30 heavy (non-hydrogen) atoms. The molecule has 0 spiro atoms. The van der Waals surface area contributed by atoms with Crippen molar-refractivity contribution >= 4 is 46.3 Å². The van der Waals surface area contributed by atoms with Crippen LogP contribution in [-0.2, 0) is 9.47 Å². The number of aliphatic hydroxyl groups is 3. The molecule has 4 atom stereocenters. The first-order chi connectivity index (χ1) is 14.4. The smallest absolute Gasteiger partial charge is 0.412 e. The van der Waals surface area contributed by atoms with Crippen molar-refractivity contribution in [3.05, 3.63) is 50.6 Å². The lowest BCUT2D eigenvalue weighted by Crippen LogP contribution is -2.36. The molecule has 1 fully saturated rings. The number of amides is 1. The number of thioether (sulfide) groups is 1. The molecule has 1 aromatic carbocycles. The van der Waals surface area contributed by atoms with Crippen LogP contribution in [0.5, 0.6) is 0 Å². The summed E-state index contributed by atoms with van der Waals surface area (Å²) in [4.78, 5) is 29.2. The lowest BCUT2D eigenvalue weighted by atomic mass is 10.1. The van der Waals surface area contributed by atoms with Gasteiger partial charge in [0.2, 0.25) is 0 Å². The molecule has 0 radical (unpaired) electrons. The minimum absolute atomic E-state index is 0.00399. The predicted octanol–water partition coefficient (Wildman–Crippen LogP) is 0.800. The van der Waals surface area contributed by atoms with E-state index in [2.05, 4.69) is 10.3 Å². The summed E-state index contributed by atoms with van der Waals surface area (Å²) in [6, 6.07) is 9.68. The van der Waals surface area contributed by atoms with Crippen LogP contribution in [0.3, 0.4) is 0 Å². The van der Waals surface area contributed by atoms with E-state index >= 15 is 0 Å². The second kappa shape index (κ2) is 10.5. The number of aromatic nitrogens is 2. The molecule has 0 saturated carbocycles. The van der Waals surface area contributed by atoms with Crippen molar-refractivity contribution in [1.29, 1.82) is 0 Å². The molecule has 3 rings (SSSR count). The number of ether oxygens (including phenoxy) is 2. The van der Waals surface area contributed by atoms with Gasteiger partial charge in [0.1, 0.15) is 24.9 Å². The second-order valence-corrected chi connectivity index (χ2v) is 8.61. The van der Waals surface area contributed by atoms with Crippen LogP contribution in [0, 0.1) is 3.57 Å². The molecule has 2 heterocycles. The van der Waals surface area contributed by atoms with Crippen molar-refractivity contribution in [2.45, 2.75) is 29.4 Å². The summed E-state index contributed by atoms with van der Waals surface area (Å²) >= 11 is 3.40. The zero-order valence-corrected chi connectivity index (χ0v) is 18.5. The standard InChI is InChI=1S/C18H20IN3O7S/c19-11-8-22(16-14(25)13(24)12(9-23)29-16)17(26)20-15(11)21-18(27)28-6-7-30-10-4-2-1-3-5-10/h1-5,8,12-14,16,23-25H,6-7,9H2,(H,20,21,26,27)/t12-,13-,14-,16?/m1/s1. The molecular formula is C18H20IN3O7S. The van der Waals surface area contributed by atoms with Gasteiger partial charge in [0.25, 0.3) is 0 Å². The molecule has 0 bridgehead atoms. The van der Waals surface area contributed by atoms with Crippen LogP contribution in [0.15, 0.2) is 46.2 Å². The number of anilines is 1. The van der Waals surface area contributed by atoms with E-state index in [0.717, 1.165) is 9.46 Å². The largest absolute Gasteiger partial charge is 0.448 e. The van der Waals surface area contributed by atoms with E-state index < -0.39 is 42.9 Å². The number of aliphatic hydroxyl groups excluding tert-OH is 3. The summed E-state index contributed by atoms with van der Waals surface area (Å²) in [6.45, 7) is -0.344. The van der Waals surface area contributed by atoms with E-state index in [4.69, 9.17) is 9.47 Å². The maximum atomic E-state index is 12.3. The predicted molar refractivity (Wildman–Crippen MR) is 116 cm³/mol. The Bertz CT molecular complexity index is 930.